The molecule has 0 radical (unpaired) electrons. The van der Waals surface area contributed by atoms with Gasteiger partial charge in [0.1, 0.15) is 5.75 Å². The molecule has 20 heavy (non-hydrogen) atoms. The minimum absolute atomic E-state index is 0.0315. The summed E-state index contributed by atoms with van der Waals surface area (Å²) in [5.41, 5.74) is 6.26. The molecule has 1 aromatic rings. The fraction of sp³-hybridized carbons (Fsp3) is 0.533. The molecular weight excluding hydrogens is 254 g/mol. The smallest absolute Gasteiger partial charge is 0.257 e. The van der Waals surface area contributed by atoms with E-state index < -0.39 is 0 Å². The molecule has 0 saturated heterocycles. The van der Waals surface area contributed by atoms with Crippen LogP contribution in [0.3, 0.4) is 0 Å². The third-order valence-electron chi connectivity index (χ3n) is 3.66. The maximum atomic E-state index is 11.7. The lowest BCUT2D eigenvalue weighted by molar-refractivity contribution is -0.123. The maximum Gasteiger partial charge on any atom is 0.257 e. The molecule has 3 N–H and O–H groups in total. The van der Waals surface area contributed by atoms with E-state index in [9.17, 15) is 4.79 Å². The van der Waals surface area contributed by atoms with Gasteiger partial charge in [0.25, 0.3) is 5.91 Å². The van der Waals surface area contributed by atoms with Crippen LogP contribution in [0.25, 0.3) is 0 Å². The predicted molar refractivity (Wildman–Crippen MR) is 79.6 cm³/mol. The highest BCUT2D eigenvalue weighted by atomic mass is 16.5. The lowest BCUT2D eigenvalue weighted by Gasteiger charge is -2.24. The zero-order valence-corrected chi connectivity index (χ0v) is 12.1. The number of nitrogen functional groups attached to an aromatic ring is 1. The first-order chi connectivity index (χ1) is 9.56. The van der Waals surface area contributed by atoms with Crippen LogP contribution in [-0.4, -0.2) is 43.1 Å². The Morgan fingerprint density at radius 1 is 1.45 bits per heavy atom. The number of nitrogens with one attached hydrogen (secondary N) is 1. The van der Waals surface area contributed by atoms with Crippen LogP contribution in [0.15, 0.2) is 24.3 Å². The predicted octanol–water partition coefficient (Wildman–Crippen LogP) is 1.25. The standard InChI is InChI=1S/C15H23N3O2/c1-11(18(2)13-5-6-13)9-17-15(19)10-20-14-7-3-12(16)4-8-14/h3-4,7-8,11,13H,5-6,9-10,16H2,1-2H3,(H,17,19). The van der Waals surface area contributed by atoms with Crippen molar-refractivity contribution < 1.29 is 9.53 Å². The van der Waals surface area contributed by atoms with Crippen LogP contribution in [-0.2, 0) is 4.79 Å². The number of likely N-dealkylation sites (N-methyl/N-ethyl adjacent to an activating group) is 1. The van der Waals surface area contributed by atoms with Gasteiger partial charge in [-0.1, -0.05) is 0 Å². The van der Waals surface area contributed by atoms with Gasteiger partial charge in [-0.15, -0.1) is 0 Å². The molecule has 0 bridgehead atoms. The molecule has 1 saturated carbocycles. The molecule has 0 aromatic heterocycles. The van der Waals surface area contributed by atoms with E-state index in [1.54, 1.807) is 24.3 Å². The zero-order chi connectivity index (χ0) is 14.5. The van der Waals surface area contributed by atoms with Crippen molar-refractivity contribution in [1.29, 1.82) is 0 Å². The van der Waals surface area contributed by atoms with Gasteiger partial charge in [0.2, 0.25) is 0 Å². The summed E-state index contributed by atoms with van der Waals surface area (Å²) in [4.78, 5) is 14.0. The molecule has 1 amide bonds. The average Bonchev–Trinajstić information content (AvgIpc) is 3.28. The molecule has 1 unspecified atom stereocenters. The molecule has 5 heteroatoms. The van der Waals surface area contributed by atoms with Gasteiger partial charge in [0, 0.05) is 24.3 Å². The molecule has 1 atom stereocenters. The van der Waals surface area contributed by atoms with Crippen LogP contribution < -0.4 is 15.8 Å². The number of carbonyl (C=O) groups is 1. The summed E-state index contributed by atoms with van der Waals surface area (Å²) in [7, 11) is 2.11. The average molecular weight is 277 g/mol. The Labute approximate surface area is 120 Å². The van der Waals surface area contributed by atoms with Crippen molar-refractivity contribution in [2.45, 2.75) is 31.8 Å². The summed E-state index contributed by atoms with van der Waals surface area (Å²) in [6.07, 6.45) is 2.55. The van der Waals surface area contributed by atoms with Crippen molar-refractivity contribution in [3.05, 3.63) is 24.3 Å². The first-order valence-electron chi connectivity index (χ1n) is 7.03. The topological polar surface area (TPSA) is 67.6 Å². The third kappa shape index (κ3) is 4.42. The second kappa shape index (κ2) is 6.61. The molecular formula is C15H23N3O2. The van der Waals surface area contributed by atoms with Crippen molar-refractivity contribution in [3.63, 3.8) is 0 Å². The zero-order valence-electron chi connectivity index (χ0n) is 12.1. The largest absolute Gasteiger partial charge is 0.484 e. The Bertz CT molecular complexity index is 443. The highest BCUT2D eigenvalue weighted by Crippen LogP contribution is 2.26. The Morgan fingerprint density at radius 2 is 2.10 bits per heavy atom. The first kappa shape index (κ1) is 14.7. The van der Waals surface area contributed by atoms with E-state index in [0.29, 0.717) is 30.1 Å². The second-order valence-electron chi connectivity index (χ2n) is 5.41. The SMILES string of the molecule is CC(CNC(=O)COc1ccc(N)cc1)N(C)C1CC1. The van der Waals surface area contributed by atoms with Gasteiger partial charge in [-0.2, -0.15) is 0 Å². The number of ether oxygens (including phenoxy) is 1. The van der Waals surface area contributed by atoms with Crippen molar-refractivity contribution in [2.75, 3.05) is 25.9 Å². The second-order valence-corrected chi connectivity index (χ2v) is 5.41. The summed E-state index contributed by atoms with van der Waals surface area (Å²) in [6, 6.07) is 8.06. The number of nitrogens with zero attached hydrogens (tertiary/aromatic N) is 1. The van der Waals surface area contributed by atoms with Crippen LogP contribution in [0.5, 0.6) is 5.75 Å². The molecule has 1 aliphatic rings. The number of nitrogens with two attached hydrogens (primary N) is 1. The summed E-state index contributed by atoms with van der Waals surface area (Å²) in [5.74, 6) is 0.551. The fourth-order valence-electron chi connectivity index (χ4n) is 2.01. The lowest BCUT2D eigenvalue weighted by Crippen LogP contribution is -2.42. The molecule has 0 heterocycles. The molecule has 1 aromatic carbocycles. The quantitative estimate of drug-likeness (QED) is 0.736. The molecule has 2 rings (SSSR count). The highest BCUT2D eigenvalue weighted by Gasteiger charge is 2.29. The molecule has 1 fully saturated rings. The molecule has 1 aliphatic carbocycles. The van der Waals surface area contributed by atoms with E-state index in [4.69, 9.17) is 10.5 Å². The van der Waals surface area contributed by atoms with Crippen molar-refractivity contribution >= 4 is 11.6 Å². The van der Waals surface area contributed by atoms with E-state index in [2.05, 4.69) is 24.2 Å². The number of carbonyl (C=O) groups excluding carboxylic acids is 1. The molecule has 0 aliphatic heterocycles. The number of hydrogen-bond acceptors (Lipinski definition) is 4. The Kier molecular flexibility index (Phi) is 4.84. The van der Waals surface area contributed by atoms with Gasteiger partial charge in [0.15, 0.2) is 6.61 Å². The highest BCUT2D eigenvalue weighted by molar-refractivity contribution is 5.77. The van der Waals surface area contributed by atoms with Crippen molar-refractivity contribution in [3.8, 4) is 5.75 Å². The van der Waals surface area contributed by atoms with E-state index in [0.717, 1.165) is 0 Å². The Balaban J connectivity index is 1.66. The van der Waals surface area contributed by atoms with E-state index >= 15 is 0 Å². The van der Waals surface area contributed by atoms with Crippen LogP contribution in [0.2, 0.25) is 0 Å². The third-order valence-corrected chi connectivity index (χ3v) is 3.66. The van der Waals surface area contributed by atoms with Crippen LogP contribution in [0, 0.1) is 0 Å². The normalized spacial score (nSPS) is 15.9. The lowest BCUT2D eigenvalue weighted by atomic mass is 10.3. The van der Waals surface area contributed by atoms with Crippen molar-refractivity contribution in [1.82, 2.24) is 10.2 Å². The Hall–Kier alpha value is -1.75. The first-order valence-corrected chi connectivity index (χ1v) is 7.03. The molecule has 0 spiro atoms. The van der Waals surface area contributed by atoms with Gasteiger partial charge >= 0.3 is 0 Å². The summed E-state index contributed by atoms with van der Waals surface area (Å²) in [5, 5.41) is 2.90. The van der Waals surface area contributed by atoms with Crippen LogP contribution in [0.4, 0.5) is 5.69 Å². The monoisotopic (exact) mass is 277 g/mol. The maximum absolute atomic E-state index is 11.7. The fourth-order valence-corrected chi connectivity index (χ4v) is 2.01. The number of rotatable bonds is 7. The number of amides is 1. The number of hydrogen-bond donors (Lipinski definition) is 2. The van der Waals surface area contributed by atoms with E-state index in [1.807, 2.05) is 0 Å². The van der Waals surface area contributed by atoms with Gasteiger partial charge in [-0.05, 0) is 51.1 Å². The minimum Gasteiger partial charge on any atom is -0.484 e. The van der Waals surface area contributed by atoms with Gasteiger partial charge in [-0.3, -0.25) is 9.69 Å². The molecule has 5 nitrogen and oxygen atoms in total. The number of benzene rings is 1. The van der Waals surface area contributed by atoms with Gasteiger partial charge in [-0.25, -0.2) is 0 Å². The summed E-state index contributed by atoms with van der Waals surface area (Å²) in [6.45, 7) is 2.81. The van der Waals surface area contributed by atoms with Gasteiger partial charge < -0.3 is 15.8 Å². The number of anilines is 1. The summed E-state index contributed by atoms with van der Waals surface area (Å²) >= 11 is 0. The van der Waals surface area contributed by atoms with Crippen LogP contribution in [0.1, 0.15) is 19.8 Å². The van der Waals surface area contributed by atoms with Crippen molar-refractivity contribution in [2.24, 2.45) is 0 Å². The van der Waals surface area contributed by atoms with E-state index in [1.165, 1.54) is 12.8 Å². The van der Waals surface area contributed by atoms with Crippen LogP contribution >= 0.6 is 0 Å². The summed E-state index contributed by atoms with van der Waals surface area (Å²) < 4.78 is 5.39. The molecule has 110 valence electrons. The van der Waals surface area contributed by atoms with Gasteiger partial charge in [0.05, 0.1) is 0 Å². The Morgan fingerprint density at radius 3 is 2.70 bits per heavy atom. The van der Waals surface area contributed by atoms with E-state index in [-0.39, 0.29) is 12.5 Å². The minimum atomic E-state index is -0.0992.